The van der Waals surface area contributed by atoms with Crippen molar-refractivity contribution >= 4 is 17.5 Å². The molecule has 1 aliphatic rings. The molecule has 132 valence electrons. The Balaban J connectivity index is 1.82. The highest BCUT2D eigenvalue weighted by Crippen LogP contribution is 2.20. The number of amides is 2. The summed E-state index contributed by atoms with van der Waals surface area (Å²) in [6.07, 6.45) is 1.61. The molecule has 1 heterocycles. The summed E-state index contributed by atoms with van der Waals surface area (Å²) >= 11 is 0. The highest BCUT2D eigenvalue weighted by molar-refractivity contribution is 5.94. The van der Waals surface area contributed by atoms with E-state index in [1.54, 1.807) is 24.3 Å². The number of carbonyl (C=O) groups excluding carboxylic acids is 2. The third-order valence-electron chi connectivity index (χ3n) is 3.94. The second kappa shape index (κ2) is 9.24. The third kappa shape index (κ3) is 5.50. The van der Waals surface area contributed by atoms with Crippen molar-refractivity contribution in [2.75, 3.05) is 31.7 Å². The maximum atomic E-state index is 12.2. The highest BCUT2D eigenvalue weighted by Gasteiger charge is 2.26. The average molecular weight is 335 g/mol. The van der Waals surface area contributed by atoms with E-state index in [2.05, 4.69) is 10.6 Å². The van der Waals surface area contributed by atoms with Gasteiger partial charge in [0.25, 0.3) is 5.91 Å². The van der Waals surface area contributed by atoms with Crippen molar-refractivity contribution in [3.8, 4) is 5.75 Å². The Kier molecular flexibility index (Phi) is 7.02. The van der Waals surface area contributed by atoms with Gasteiger partial charge in [-0.15, -0.1) is 0 Å². The standard InChI is InChI=1S/C17H25N3O4/c1-2-19-15(21)11-24-14-5-3-13(4-6-14)20-17(22)16(18)12-7-9-23-10-8-12/h3-6,12,16H,2,7-11,18H2,1H3,(H,19,21)(H,20,22). The Morgan fingerprint density at radius 3 is 2.58 bits per heavy atom. The molecule has 2 amide bonds. The normalized spacial score (nSPS) is 16.2. The van der Waals surface area contributed by atoms with Gasteiger partial charge in [-0.25, -0.2) is 0 Å². The van der Waals surface area contributed by atoms with Gasteiger partial charge < -0.3 is 25.8 Å². The summed E-state index contributed by atoms with van der Waals surface area (Å²) in [7, 11) is 0. The fraction of sp³-hybridized carbons (Fsp3) is 0.529. The predicted octanol–water partition coefficient (Wildman–Crippen LogP) is 0.894. The quantitative estimate of drug-likeness (QED) is 0.687. The van der Waals surface area contributed by atoms with Crippen LogP contribution in [0.2, 0.25) is 0 Å². The number of carbonyl (C=O) groups is 2. The molecule has 1 aromatic carbocycles. The number of rotatable bonds is 7. The molecule has 7 nitrogen and oxygen atoms in total. The minimum atomic E-state index is -0.539. The lowest BCUT2D eigenvalue weighted by atomic mass is 9.92. The molecule has 0 spiro atoms. The molecule has 24 heavy (non-hydrogen) atoms. The van der Waals surface area contributed by atoms with Crippen molar-refractivity contribution in [2.45, 2.75) is 25.8 Å². The maximum Gasteiger partial charge on any atom is 0.257 e. The van der Waals surface area contributed by atoms with Crippen molar-refractivity contribution < 1.29 is 19.1 Å². The van der Waals surface area contributed by atoms with Gasteiger partial charge in [-0.05, 0) is 49.9 Å². The molecule has 7 heteroatoms. The van der Waals surface area contributed by atoms with Crippen LogP contribution in [0, 0.1) is 5.92 Å². The van der Waals surface area contributed by atoms with Crippen molar-refractivity contribution in [3.05, 3.63) is 24.3 Å². The molecule has 1 saturated heterocycles. The van der Waals surface area contributed by atoms with Gasteiger partial charge in [0.05, 0.1) is 6.04 Å². The first-order chi connectivity index (χ1) is 11.6. The molecule has 1 unspecified atom stereocenters. The molecule has 0 radical (unpaired) electrons. The van der Waals surface area contributed by atoms with E-state index in [1.165, 1.54) is 0 Å². The van der Waals surface area contributed by atoms with Gasteiger partial charge in [0.1, 0.15) is 5.75 Å². The highest BCUT2D eigenvalue weighted by atomic mass is 16.5. The van der Waals surface area contributed by atoms with Gasteiger partial charge in [-0.1, -0.05) is 0 Å². The van der Waals surface area contributed by atoms with Gasteiger partial charge in [0.15, 0.2) is 6.61 Å². The zero-order valence-electron chi connectivity index (χ0n) is 13.9. The molecule has 1 aromatic rings. The second-order valence-corrected chi connectivity index (χ2v) is 5.73. The molecule has 0 bridgehead atoms. The van der Waals surface area contributed by atoms with Crippen molar-refractivity contribution in [3.63, 3.8) is 0 Å². The Morgan fingerprint density at radius 2 is 1.96 bits per heavy atom. The van der Waals surface area contributed by atoms with Crippen LogP contribution in [-0.2, 0) is 14.3 Å². The van der Waals surface area contributed by atoms with E-state index in [4.69, 9.17) is 15.2 Å². The number of hydrogen-bond acceptors (Lipinski definition) is 5. The Bertz CT molecular complexity index is 541. The lowest BCUT2D eigenvalue weighted by molar-refractivity contribution is -0.123. The zero-order valence-corrected chi connectivity index (χ0v) is 13.9. The van der Waals surface area contributed by atoms with Crippen molar-refractivity contribution in [1.82, 2.24) is 5.32 Å². The number of benzene rings is 1. The minimum absolute atomic E-state index is 0.0336. The summed E-state index contributed by atoms with van der Waals surface area (Å²) in [5.41, 5.74) is 6.69. The SMILES string of the molecule is CCNC(=O)COc1ccc(NC(=O)C(N)C2CCOCC2)cc1. The first-order valence-electron chi connectivity index (χ1n) is 8.24. The van der Waals surface area contributed by atoms with Crippen molar-refractivity contribution in [1.29, 1.82) is 0 Å². The zero-order chi connectivity index (χ0) is 17.4. The number of hydrogen-bond donors (Lipinski definition) is 3. The monoisotopic (exact) mass is 335 g/mol. The Hall–Kier alpha value is -2.12. The van der Waals surface area contributed by atoms with Crippen LogP contribution in [0.5, 0.6) is 5.75 Å². The van der Waals surface area contributed by atoms with Gasteiger partial charge in [0, 0.05) is 25.4 Å². The summed E-state index contributed by atoms with van der Waals surface area (Å²) in [5, 5.41) is 5.46. The van der Waals surface area contributed by atoms with Crippen LogP contribution in [0.3, 0.4) is 0 Å². The van der Waals surface area contributed by atoms with Crippen LogP contribution in [-0.4, -0.2) is 44.2 Å². The summed E-state index contributed by atoms with van der Waals surface area (Å²) in [4.78, 5) is 23.6. The lowest BCUT2D eigenvalue weighted by Crippen LogP contribution is -2.43. The second-order valence-electron chi connectivity index (χ2n) is 5.73. The summed E-state index contributed by atoms with van der Waals surface area (Å²) in [6, 6.07) is 6.31. The number of likely N-dealkylation sites (N-methyl/N-ethyl adjacent to an activating group) is 1. The van der Waals surface area contributed by atoms with Crippen molar-refractivity contribution in [2.24, 2.45) is 11.7 Å². The van der Waals surface area contributed by atoms with Crippen LogP contribution >= 0.6 is 0 Å². The Labute approximate surface area is 141 Å². The van der Waals surface area contributed by atoms with Crippen LogP contribution in [0.4, 0.5) is 5.69 Å². The van der Waals surface area contributed by atoms with Crippen LogP contribution < -0.4 is 21.1 Å². The molecule has 1 fully saturated rings. The average Bonchev–Trinajstić information content (AvgIpc) is 2.61. The summed E-state index contributed by atoms with van der Waals surface area (Å²) < 4.78 is 10.6. The smallest absolute Gasteiger partial charge is 0.257 e. The molecule has 0 aliphatic carbocycles. The van der Waals surface area contributed by atoms with E-state index >= 15 is 0 Å². The van der Waals surface area contributed by atoms with E-state index in [0.717, 1.165) is 12.8 Å². The first-order valence-corrected chi connectivity index (χ1v) is 8.24. The fourth-order valence-corrected chi connectivity index (χ4v) is 2.55. The largest absolute Gasteiger partial charge is 0.484 e. The maximum absolute atomic E-state index is 12.2. The van der Waals surface area contributed by atoms with Gasteiger partial charge in [-0.2, -0.15) is 0 Å². The molecule has 0 aromatic heterocycles. The van der Waals surface area contributed by atoms with E-state index in [-0.39, 0.29) is 24.3 Å². The van der Waals surface area contributed by atoms with Gasteiger partial charge in [0.2, 0.25) is 5.91 Å². The number of ether oxygens (including phenoxy) is 2. The molecule has 0 saturated carbocycles. The first kappa shape index (κ1) is 18.2. The predicted molar refractivity (Wildman–Crippen MR) is 90.8 cm³/mol. The number of anilines is 1. The molecule has 2 rings (SSSR count). The van der Waals surface area contributed by atoms with Crippen LogP contribution in [0.15, 0.2) is 24.3 Å². The molecule has 1 aliphatic heterocycles. The van der Waals surface area contributed by atoms with E-state index < -0.39 is 6.04 Å². The van der Waals surface area contributed by atoms with E-state index in [0.29, 0.717) is 31.2 Å². The number of nitrogens with two attached hydrogens (primary N) is 1. The Morgan fingerprint density at radius 1 is 1.29 bits per heavy atom. The van der Waals surface area contributed by atoms with Gasteiger partial charge in [-0.3, -0.25) is 9.59 Å². The number of nitrogens with one attached hydrogen (secondary N) is 2. The van der Waals surface area contributed by atoms with Crippen LogP contribution in [0.25, 0.3) is 0 Å². The lowest BCUT2D eigenvalue weighted by Gasteiger charge is -2.26. The molecule has 4 N–H and O–H groups in total. The summed E-state index contributed by atoms with van der Waals surface area (Å²) in [6.45, 7) is 3.70. The van der Waals surface area contributed by atoms with Gasteiger partial charge >= 0.3 is 0 Å². The van der Waals surface area contributed by atoms with E-state index in [1.807, 2.05) is 6.92 Å². The summed E-state index contributed by atoms with van der Waals surface area (Å²) in [5.74, 6) is 0.349. The fourth-order valence-electron chi connectivity index (χ4n) is 2.55. The molecular weight excluding hydrogens is 310 g/mol. The molecule has 1 atom stereocenters. The third-order valence-corrected chi connectivity index (χ3v) is 3.94. The van der Waals surface area contributed by atoms with Crippen LogP contribution in [0.1, 0.15) is 19.8 Å². The molecular formula is C17H25N3O4. The topological polar surface area (TPSA) is 103 Å². The minimum Gasteiger partial charge on any atom is -0.484 e. The van der Waals surface area contributed by atoms with E-state index in [9.17, 15) is 9.59 Å².